The summed E-state index contributed by atoms with van der Waals surface area (Å²) < 4.78 is 1.02. The number of aliphatic hydroxyl groups excluding tert-OH is 2. The lowest BCUT2D eigenvalue weighted by atomic mass is 10.1. The number of halogens is 1. The molecule has 2 N–H and O–H groups in total. The molecular weight excluding hydrogens is 282 g/mol. The smallest absolute Gasteiger partial charge is 0.0802 e. The van der Waals surface area contributed by atoms with Crippen molar-refractivity contribution in [2.45, 2.75) is 25.0 Å². The molecule has 1 fully saturated rings. The Hall–Kier alpha value is -0.420. The van der Waals surface area contributed by atoms with Gasteiger partial charge in [-0.2, -0.15) is 0 Å². The van der Waals surface area contributed by atoms with E-state index in [9.17, 15) is 10.2 Å². The summed E-state index contributed by atoms with van der Waals surface area (Å²) in [5.74, 6) is 0. The van der Waals surface area contributed by atoms with Gasteiger partial charge in [0.25, 0.3) is 0 Å². The molecule has 0 aliphatic carbocycles. The first kappa shape index (κ1) is 13.0. The molecule has 0 saturated carbocycles. The lowest BCUT2D eigenvalue weighted by Crippen LogP contribution is -2.24. The molecule has 0 radical (unpaired) electrons. The van der Waals surface area contributed by atoms with Crippen LogP contribution in [0, 0.1) is 0 Å². The Kier molecular flexibility index (Phi) is 4.56. The van der Waals surface area contributed by atoms with Crippen LogP contribution in [0.2, 0.25) is 0 Å². The van der Waals surface area contributed by atoms with E-state index in [1.165, 1.54) is 0 Å². The van der Waals surface area contributed by atoms with Crippen molar-refractivity contribution in [3.05, 3.63) is 34.3 Å². The Balaban J connectivity index is 1.81. The monoisotopic (exact) mass is 299 g/mol. The summed E-state index contributed by atoms with van der Waals surface area (Å²) in [5, 5.41) is 19.4. The van der Waals surface area contributed by atoms with Crippen molar-refractivity contribution < 1.29 is 10.2 Å². The zero-order valence-corrected chi connectivity index (χ0v) is 11.3. The first-order valence-electron chi connectivity index (χ1n) is 5.99. The molecule has 1 aromatic rings. The Morgan fingerprint density at radius 3 is 2.65 bits per heavy atom. The summed E-state index contributed by atoms with van der Waals surface area (Å²) in [6.45, 7) is 2.52. The fourth-order valence-electron chi connectivity index (χ4n) is 2.17. The molecule has 0 aromatic heterocycles. The molecule has 1 heterocycles. The molecule has 2 unspecified atom stereocenters. The number of nitrogens with zero attached hydrogens (tertiary/aromatic N) is 1. The molecule has 0 spiro atoms. The second-order valence-electron chi connectivity index (χ2n) is 4.60. The minimum atomic E-state index is -0.416. The number of aliphatic hydroxyl groups is 2. The summed E-state index contributed by atoms with van der Waals surface area (Å²) in [5.41, 5.74) is 0.952. The van der Waals surface area contributed by atoms with Gasteiger partial charge in [0.2, 0.25) is 0 Å². The summed E-state index contributed by atoms with van der Waals surface area (Å²) >= 11 is 3.38. The van der Waals surface area contributed by atoms with Crippen molar-refractivity contribution in [3.63, 3.8) is 0 Å². The van der Waals surface area contributed by atoms with Crippen LogP contribution in [0.5, 0.6) is 0 Å². The summed E-state index contributed by atoms with van der Waals surface area (Å²) in [7, 11) is 0. The molecule has 4 heteroatoms. The van der Waals surface area contributed by atoms with Gasteiger partial charge in [0.15, 0.2) is 0 Å². The van der Waals surface area contributed by atoms with Crippen LogP contribution in [0.15, 0.2) is 28.7 Å². The Morgan fingerprint density at radius 1 is 1.35 bits per heavy atom. The molecule has 1 saturated heterocycles. The van der Waals surface area contributed by atoms with Gasteiger partial charge in [-0.05, 0) is 30.5 Å². The average molecular weight is 300 g/mol. The molecule has 0 bridgehead atoms. The largest absolute Gasteiger partial charge is 0.392 e. The van der Waals surface area contributed by atoms with Gasteiger partial charge in [0.05, 0.1) is 12.2 Å². The number of β-amino-alcohol motifs (C(OH)–C–C–N with tert-alkyl or cyclic N) is 1. The molecule has 2 rings (SSSR count). The molecule has 1 aliphatic rings. The Labute approximate surface area is 110 Å². The maximum absolute atomic E-state index is 10.0. The van der Waals surface area contributed by atoms with Crippen molar-refractivity contribution >= 4 is 15.9 Å². The van der Waals surface area contributed by atoms with Crippen LogP contribution in [0.4, 0.5) is 0 Å². The predicted molar refractivity (Wildman–Crippen MR) is 70.8 cm³/mol. The average Bonchev–Trinajstić information content (AvgIpc) is 2.73. The maximum Gasteiger partial charge on any atom is 0.0802 e. The van der Waals surface area contributed by atoms with E-state index in [4.69, 9.17) is 0 Å². The second-order valence-corrected chi connectivity index (χ2v) is 5.51. The van der Waals surface area contributed by atoms with Crippen LogP contribution in [-0.2, 0) is 0 Å². The number of rotatable bonds is 4. The molecule has 17 heavy (non-hydrogen) atoms. The first-order chi connectivity index (χ1) is 8.15. The van der Waals surface area contributed by atoms with Gasteiger partial charge in [0, 0.05) is 24.1 Å². The van der Waals surface area contributed by atoms with Crippen molar-refractivity contribution in [1.82, 2.24) is 4.90 Å². The molecule has 94 valence electrons. The number of hydrogen-bond acceptors (Lipinski definition) is 3. The van der Waals surface area contributed by atoms with E-state index in [2.05, 4.69) is 20.8 Å². The molecule has 1 aliphatic heterocycles. The van der Waals surface area contributed by atoms with Gasteiger partial charge < -0.3 is 15.1 Å². The zero-order chi connectivity index (χ0) is 12.3. The normalized spacial score (nSPS) is 22.9. The lowest BCUT2D eigenvalue weighted by molar-refractivity contribution is 0.138. The third-order valence-corrected chi connectivity index (χ3v) is 3.75. The van der Waals surface area contributed by atoms with Crippen LogP contribution >= 0.6 is 15.9 Å². The van der Waals surface area contributed by atoms with Gasteiger partial charge >= 0.3 is 0 Å². The first-order valence-corrected chi connectivity index (χ1v) is 6.78. The fourth-order valence-corrected chi connectivity index (χ4v) is 2.44. The van der Waals surface area contributed by atoms with Crippen LogP contribution in [0.25, 0.3) is 0 Å². The minimum absolute atomic E-state index is 0.181. The van der Waals surface area contributed by atoms with Gasteiger partial charge in [-0.1, -0.05) is 28.1 Å². The lowest BCUT2D eigenvalue weighted by Gasteiger charge is -2.17. The Bertz CT molecular complexity index is 355. The number of benzene rings is 1. The molecule has 1 aromatic carbocycles. The summed E-state index contributed by atoms with van der Waals surface area (Å²) in [6.07, 6.45) is 0.976. The standard InChI is InChI=1S/C13H18BrNO2/c14-11-3-1-10(2-4-11)13(17)6-8-15-7-5-12(16)9-15/h1-4,12-13,16-17H,5-9H2. The minimum Gasteiger partial charge on any atom is -0.392 e. The highest BCUT2D eigenvalue weighted by atomic mass is 79.9. The van der Waals surface area contributed by atoms with E-state index in [1.54, 1.807) is 0 Å². The van der Waals surface area contributed by atoms with E-state index in [1.807, 2.05) is 24.3 Å². The molecule has 3 nitrogen and oxygen atoms in total. The van der Waals surface area contributed by atoms with Crippen LogP contribution in [0.3, 0.4) is 0 Å². The SMILES string of the molecule is OC1CCN(CCC(O)c2ccc(Br)cc2)C1. The zero-order valence-electron chi connectivity index (χ0n) is 9.72. The second kappa shape index (κ2) is 5.96. The third-order valence-electron chi connectivity index (χ3n) is 3.22. The van der Waals surface area contributed by atoms with E-state index in [0.29, 0.717) is 6.42 Å². The quantitative estimate of drug-likeness (QED) is 0.893. The topological polar surface area (TPSA) is 43.7 Å². The molecule has 2 atom stereocenters. The van der Waals surface area contributed by atoms with Crippen molar-refractivity contribution in [3.8, 4) is 0 Å². The van der Waals surface area contributed by atoms with Crippen LogP contribution < -0.4 is 0 Å². The number of likely N-dealkylation sites (tertiary alicyclic amines) is 1. The highest BCUT2D eigenvalue weighted by Gasteiger charge is 2.20. The van der Waals surface area contributed by atoms with Gasteiger partial charge in [0.1, 0.15) is 0 Å². The van der Waals surface area contributed by atoms with Crippen LogP contribution in [0.1, 0.15) is 24.5 Å². The summed E-state index contributed by atoms with van der Waals surface area (Å²) in [4.78, 5) is 2.20. The number of hydrogen-bond donors (Lipinski definition) is 2. The fraction of sp³-hybridized carbons (Fsp3) is 0.538. The van der Waals surface area contributed by atoms with E-state index >= 15 is 0 Å². The third kappa shape index (κ3) is 3.78. The summed E-state index contributed by atoms with van der Waals surface area (Å²) in [6, 6.07) is 7.76. The van der Waals surface area contributed by atoms with E-state index < -0.39 is 6.10 Å². The highest BCUT2D eigenvalue weighted by molar-refractivity contribution is 9.10. The molecular formula is C13H18BrNO2. The van der Waals surface area contributed by atoms with Crippen molar-refractivity contribution in [2.24, 2.45) is 0 Å². The van der Waals surface area contributed by atoms with Gasteiger partial charge in [-0.3, -0.25) is 0 Å². The van der Waals surface area contributed by atoms with E-state index in [-0.39, 0.29) is 6.10 Å². The molecule has 0 amide bonds. The van der Waals surface area contributed by atoms with Crippen molar-refractivity contribution in [1.29, 1.82) is 0 Å². The van der Waals surface area contributed by atoms with Crippen LogP contribution in [-0.4, -0.2) is 40.9 Å². The maximum atomic E-state index is 10.0. The van der Waals surface area contributed by atoms with Gasteiger partial charge in [-0.15, -0.1) is 0 Å². The van der Waals surface area contributed by atoms with E-state index in [0.717, 1.165) is 36.1 Å². The Morgan fingerprint density at radius 2 is 2.06 bits per heavy atom. The predicted octanol–water partition coefficient (Wildman–Crippen LogP) is 1.94. The van der Waals surface area contributed by atoms with Crippen molar-refractivity contribution in [2.75, 3.05) is 19.6 Å². The highest BCUT2D eigenvalue weighted by Crippen LogP contribution is 2.20. The van der Waals surface area contributed by atoms with Gasteiger partial charge in [-0.25, -0.2) is 0 Å².